The number of likely N-dealkylation sites (N-methyl/N-ethyl adjacent to an activating group) is 1. The van der Waals surface area contributed by atoms with Crippen LogP contribution < -0.4 is 11.3 Å². The van der Waals surface area contributed by atoms with Gasteiger partial charge in [-0.1, -0.05) is 6.92 Å². The molecule has 5 heteroatoms. The van der Waals surface area contributed by atoms with Gasteiger partial charge in [0.25, 0.3) is 0 Å². The highest BCUT2D eigenvalue weighted by Crippen LogP contribution is 2.19. The standard InChI is InChI=1S/C14H29N5/c1-7-11(2)19-9-8-12(17-19)10-13(16-15)14(3,4)18(5)6/h8-9,11,13,16H,7,10,15H2,1-6H3. The fourth-order valence-corrected chi connectivity index (χ4v) is 1.95. The van der Waals surface area contributed by atoms with E-state index in [1.54, 1.807) is 0 Å². The Morgan fingerprint density at radius 1 is 1.47 bits per heavy atom. The molecule has 19 heavy (non-hydrogen) atoms. The van der Waals surface area contributed by atoms with Gasteiger partial charge in [0, 0.05) is 30.2 Å². The Morgan fingerprint density at radius 2 is 2.11 bits per heavy atom. The zero-order valence-corrected chi connectivity index (χ0v) is 13.1. The van der Waals surface area contributed by atoms with Crippen molar-refractivity contribution in [2.75, 3.05) is 14.1 Å². The molecule has 1 aromatic rings. The highest BCUT2D eigenvalue weighted by atomic mass is 15.3. The molecule has 0 saturated carbocycles. The lowest BCUT2D eigenvalue weighted by Crippen LogP contribution is -2.58. The number of rotatable bonds is 7. The third kappa shape index (κ3) is 3.78. The summed E-state index contributed by atoms with van der Waals surface area (Å²) in [4.78, 5) is 2.18. The van der Waals surface area contributed by atoms with Crippen LogP contribution in [0.25, 0.3) is 0 Å². The minimum Gasteiger partial charge on any atom is -0.303 e. The van der Waals surface area contributed by atoms with Gasteiger partial charge in [-0.25, -0.2) is 0 Å². The minimum absolute atomic E-state index is 0.0328. The van der Waals surface area contributed by atoms with Crippen LogP contribution in [0.15, 0.2) is 12.3 Å². The predicted molar refractivity (Wildman–Crippen MR) is 79.8 cm³/mol. The smallest absolute Gasteiger partial charge is 0.0641 e. The van der Waals surface area contributed by atoms with Crippen LogP contribution in [0.5, 0.6) is 0 Å². The lowest BCUT2D eigenvalue weighted by Gasteiger charge is -2.39. The molecule has 0 fully saturated rings. The van der Waals surface area contributed by atoms with Gasteiger partial charge in [-0.05, 0) is 47.4 Å². The molecule has 0 radical (unpaired) electrons. The Hall–Kier alpha value is -0.910. The molecule has 2 atom stereocenters. The maximum absolute atomic E-state index is 5.73. The van der Waals surface area contributed by atoms with Gasteiger partial charge >= 0.3 is 0 Å². The molecule has 0 aromatic carbocycles. The first kappa shape index (κ1) is 16.1. The van der Waals surface area contributed by atoms with Crippen molar-refractivity contribution in [2.24, 2.45) is 5.84 Å². The van der Waals surface area contributed by atoms with E-state index in [2.05, 4.69) is 69.5 Å². The SMILES string of the molecule is CCC(C)n1ccc(CC(NN)C(C)(C)N(C)C)n1. The Kier molecular flexibility index (Phi) is 5.52. The molecule has 2 unspecified atom stereocenters. The molecule has 1 aromatic heterocycles. The lowest BCUT2D eigenvalue weighted by atomic mass is 9.90. The van der Waals surface area contributed by atoms with Crippen LogP contribution in [0, 0.1) is 0 Å². The van der Waals surface area contributed by atoms with E-state index >= 15 is 0 Å². The van der Waals surface area contributed by atoms with E-state index in [0.29, 0.717) is 6.04 Å². The lowest BCUT2D eigenvalue weighted by molar-refractivity contribution is 0.136. The van der Waals surface area contributed by atoms with E-state index < -0.39 is 0 Å². The van der Waals surface area contributed by atoms with E-state index in [-0.39, 0.29) is 11.6 Å². The van der Waals surface area contributed by atoms with E-state index in [1.165, 1.54) is 0 Å². The molecular weight excluding hydrogens is 238 g/mol. The molecule has 110 valence electrons. The van der Waals surface area contributed by atoms with Crippen molar-refractivity contribution in [2.45, 2.75) is 58.2 Å². The zero-order chi connectivity index (χ0) is 14.6. The molecule has 3 N–H and O–H groups in total. The van der Waals surface area contributed by atoms with Crippen molar-refractivity contribution in [3.63, 3.8) is 0 Å². The Balaban J connectivity index is 2.79. The molecule has 0 aliphatic heterocycles. The van der Waals surface area contributed by atoms with Gasteiger partial charge in [-0.2, -0.15) is 5.10 Å². The van der Waals surface area contributed by atoms with Crippen molar-refractivity contribution in [3.05, 3.63) is 18.0 Å². The average Bonchev–Trinajstić information content (AvgIpc) is 2.83. The molecule has 0 amide bonds. The molecule has 1 rings (SSSR count). The maximum atomic E-state index is 5.73. The summed E-state index contributed by atoms with van der Waals surface area (Å²) in [6.07, 6.45) is 3.97. The van der Waals surface area contributed by atoms with Crippen LogP contribution >= 0.6 is 0 Å². The van der Waals surface area contributed by atoms with Crippen molar-refractivity contribution in [3.8, 4) is 0 Å². The second-order valence-corrected chi connectivity index (χ2v) is 6.02. The van der Waals surface area contributed by atoms with E-state index in [1.807, 2.05) is 4.68 Å². The molecule has 0 aliphatic rings. The minimum atomic E-state index is -0.0328. The number of nitrogens with one attached hydrogen (secondary N) is 1. The summed E-state index contributed by atoms with van der Waals surface area (Å²) in [6, 6.07) is 2.69. The molecular formula is C14H29N5. The third-order valence-electron chi connectivity index (χ3n) is 4.33. The van der Waals surface area contributed by atoms with E-state index in [9.17, 15) is 0 Å². The van der Waals surface area contributed by atoms with Gasteiger partial charge in [0.1, 0.15) is 0 Å². The summed E-state index contributed by atoms with van der Waals surface area (Å²) in [6.45, 7) is 8.72. The molecule has 1 heterocycles. The first-order valence-electron chi connectivity index (χ1n) is 7.00. The Labute approximate surface area is 117 Å². The molecule has 0 aliphatic carbocycles. The number of nitrogens with two attached hydrogens (primary N) is 1. The zero-order valence-electron chi connectivity index (χ0n) is 13.1. The highest BCUT2D eigenvalue weighted by Gasteiger charge is 2.31. The summed E-state index contributed by atoms with van der Waals surface area (Å²) in [5.74, 6) is 5.73. The second-order valence-electron chi connectivity index (χ2n) is 6.02. The number of hydrazine groups is 1. The first-order valence-corrected chi connectivity index (χ1v) is 7.00. The van der Waals surface area contributed by atoms with Gasteiger partial charge in [0.05, 0.1) is 5.69 Å². The third-order valence-corrected chi connectivity index (χ3v) is 4.33. The van der Waals surface area contributed by atoms with Gasteiger partial charge < -0.3 is 4.90 Å². The first-order chi connectivity index (χ1) is 8.82. The monoisotopic (exact) mass is 267 g/mol. The summed E-state index contributed by atoms with van der Waals surface area (Å²) in [5, 5.41) is 4.64. The number of hydrogen-bond acceptors (Lipinski definition) is 4. The van der Waals surface area contributed by atoms with Crippen LogP contribution in [-0.4, -0.2) is 40.4 Å². The second kappa shape index (κ2) is 6.50. The highest BCUT2D eigenvalue weighted by molar-refractivity contribution is 5.06. The van der Waals surface area contributed by atoms with E-state index in [0.717, 1.165) is 18.5 Å². The molecule has 0 saturated heterocycles. The summed E-state index contributed by atoms with van der Waals surface area (Å²) < 4.78 is 2.03. The van der Waals surface area contributed by atoms with Gasteiger partial charge in [-0.3, -0.25) is 16.0 Å². The molecule has 0 spiro atoms. The van der Waals surface area contributed by atoms with Gasteiger partial charge in [0.15, 0.2) is 0 Å². The van der Waals surface area contributed by atoms with Gasteiger partial charge in [-0.15, -0.1) is 0 Å². The van der Waals surface area contributed by atoms with Crippen LogP contribution in [-0.2, 0) is 6.42 Å². The van der Waals surface area contributed by atoms with Crippen molar-refractivity contribution in [1.82, 2.24) is 20.1 Å². The Bertz CT molecular complexity index is 383. The number of hydrogen-bond donors (Lipinski definition) is 2. The topological polar surface area (TPSA) is 59.1 Å². The van der Waals surface area contributed by atoms with Crippen LogP contribution in [0.2, 0.25) is 0 Å². The van der Waals surface area contributed by atoms with E-state index in [4.69, 9.17) is 5.84 Å². The molecule has 5 nitrogen and oxygen atoms in total. The maximum Gasteiger partial charge on any atom is 0.0641 e. The Morgan fingerprint density at radius 3 is 2.58 bits per heavy atom. The average molecular weight is 267 g/mol. The molecule has 0 bridgehead atoms. The number of aromatic nitrogens is 2. The fourth-order valence-electron chi connectivity index (χ4n) is 1.95. The van der Waals surface area contributed by atoms with Crippen molar-refractivity contribution in [1.29, 1.82) is 0 Å². The summed E-state index contributed by atoms with van der Waals surface area (Å²) in [5.41, 5.74) is 3.98. The summed E-state index contributed by atoms with van der Waals surface area (Å²) in [7, 11) is 4.14. The largest absolute Gasteiger partial charge is 0.303 e. The van der Waals surface area contributed by atoms with Crippen LogP contribution in [0.4, 0.5) is 0 Å². The fraction of sp³-hybridized carbons (Fsp3) is 0.786. The quantitative estimate of drug-likeness (QED) is 0.581. The van der Waals surface area contributed by atoms with Crippen LogP contribution in [0.1, 0.15) is 45.9 Å². The van der Waals surface area contributed by atoms with Crippen LogP contribution in [0.3, 0.4) is 0 Å². The summed E-state index contributed by atoms with van der Waals surface area (Å²) >= 11 is 0. The number of nitrogens with zero attached hydrogens (tertiary/aromatic N) is 3. The van der Waals surface area contributed by atoms with Crippen molar-refractivity contribution < 1.29 is 0 Å². The van der Waals surface area contributed by atoms with Crippen molar-refractivity contribution >= 4 is 0 Å². The van der Waals surface area contributed by atoms with Gasteiger partial charge in [0.2, 0.25) is 0 Å². The normalized spacial score (nSPS) is 15.8. The predicted octanol–water partition coefficient (Wildman–Crippen LogP) is 1.57.